The minimum atomic E-state index is -0.898. The maximum Gasteiger partial charge on any atom is 0.332 e. The van der Waals surface area contributed by atoms with Crippen LogP contribution in [0.25, 0.3) is 0 Å². The minimum absolute atomic E-state index is 0.267. The topological polar surface area (TPSA) is 43.8 Å². The van der Waals surface area contributed by atoms with Gasteiger partial charge in [-0.1, -0.05) is 6.58 Å². The van der Waals surface area contributed by atoms with E-state index in [1.165, 1.54) is 6.42 Å². The number of hydrogen-bond donors (Lipinski definition) is 1. The summed E-state index contributed by atoms with van der Waals surface area (Å²) in [5.74, 6) is -0.230. The number of carboxylic acid groups (broad SMARTS) is 1. The Hall–Kier alpha value is -0.870. The quantitative estimate of drug-likeness (QED) is 0.674. The van der Waals surface area contributed by atoms with Gasteiger partial charge >= 0.3 is 5.97 Å². The van der Waals surface area contributed by atoms with E-state index in [-0.39, 0.29) is 5.57 Å². The Balaban J connectivity index is 2.27. The fourth-order valence-electron chi connectivity index (χ4n) is 2.07. The molecule has 0 spiro atoms. The molecule has 1 aliphatic rings. The predicted molar refractivity (Wildman–Crippen MR) is 59.9 cm³/mol. The highest BCUT2D eigenvalue weighted by atomic mass is 16.4. The molecule has 0 bridgehead atoms. The SMILES string of the molecule is C=C(CN(C)CC1CCN(C)C1)C(=O)O. The van der Waals surface area contributed by atoms with Gasteiger partial charge in [-0.3, -0.25) is 0 Å². The van der Waals surface area contributed by atoms with E-state index in [9.17, 15) is 4.79 Å². The first-order valence-electron chi connectivity index (χ1n) is 5.27. The number of carbonyl (C=O) groups is 1. The monoisotopic (exact) mass is 212 g/mol. The van der Waals surface area contributed by atoms with Gasteiger partial charge < -0.3 is 14.9 Å². The van der Waals surface area contributed by atoms with Crippen molar-refractivity contribution >= 4 is 5.97 Å². The van der Waals surface area contributed by atoms with Gasteiger partial charge in [-0.25, -0.2) is 4.79 Å². The fourth-order valence-corrected chi connectivity index (χ4v) is 2.07. The average molecular weight is 212 g/mol. The van der Waals surface area contributed by atoms with Crippen molar-refractivity contribution in [3.63, 3.8) is 0 Å². The summed E-state index contributed by atoms with van der Waals surface area (Å²) in [4.78, 5) is 14.9. The first-order valence-corrected chi connectivity index (χ1v) is 5.27. The molecule has 1 saturated heterocycles. The number of carboxylic acids is 1. The van der Waals surface area contributed by atoms with Crippen molar-refractivity contribution < 1.29 is 9.90 Å². The lowest BCUT2D eigenvalue weighted by Gasteiger charge is -2.20. The van der Waals surface area contributed by atoms with Gasteiger partial charge in [-0.15, -0.1) is 0 Å². The molecule has 1 fully saturated rings. The van der Waals surface area contributed by atoms with Gasteiger partial charge in [0.05, 0.1) is 0 Å². The van der Waals surface area contributed by atoms with E-state index in [0.29, 0.717) is 12.5 Å². The molecule has 1 atom stereocenters. The number of aliphatic carboxylic acids is 1. The van der Waals surface area contributed by atoms with Crippen molar-refractivity contribution in [1.82, 2.24) is 9.80 Å². The maximum absolute atomic E-state index is 10.6. The molecule has 0 aromatic heterocycles. The Kier molecular flexibility index (Phi) is 4.29. The van der Waals surface area contributed by atoms with Gasteiger partial charge in [-0.2, -0.15) is 0 Å². The molecule has 15 heavy (non-hydrogen) atoms. The number of likely N-dealkylation sites (N-methyl/N-ethyl adjacent to an activating group) is 1. The van der Waals surface area contributed by atoms with Crippen molar-refractivity contribution in [2.45, 2.75) is 6.42 Å². The summed E-state index contributed by atoms with van der Waals surface area (Å²) in [6, 6.07) is 0. The summed E-state index contributed by atoms with van der Waals surface area (Å²) in [5, 5.41) is 8.70. The zero-order chi connectivity index (χ0) is 11.4. The van der Waals surface area contributed by atoms with Crippen LogP contribution in [0, 0.1) is 5.92 Å². The van der Waals surface area contributed by atoms with E-state index < -0.39 is 5.97 Å². The van der Waals surface area contributed by atoms with Crippen LogP contribution in [0.1, 0.15) is 6.42 Å². The van der Waals surface area contributed by atoms with Crippen LogP contribution in [-0.2, 0) is 4.79 Å². The average Bonchev–Trinajstić information content (AvgIpc) is 2.50. The van der Waals surface area contributed by atoms with Crippen LogP contribution in [0.5, 0.6) is 0 Å². The van der Waals surface area contributed by atoms with E-state index in [1.807, 2.05) is 11.9 Å². The molecule has 0 aliphatic carbocycles. The molecule has 4 heteroatoms. The predicted octanol–water partition coefficient (Wildman–Crippen LogP) is 0.511. The summed E-state index contributed by atoms with van der Waals surface area (Å²) >= 11 is 0. The molecule has 1 heterocycles. The molecule has 1 aliphatic heterocycles. The van der Waals surface area contributed by atoms with Gasteiger partial charge in [0.25, 0.3) is 0 Å². The molecule has 0 radical (unpaired) electrons. The third kappa shape index (κ3) is 4.01. The summed E-state index contributed by atoms with van der Waals surface area (Å²) < 4.78 is 0. The van der Waals surface area contributed by atoms with Gasteiger partial charge in [0.2, 0.25) is 0 Å². The Morgan fingerprint density at radius 2 is 2.33 bits per heavy atom. The second kappa shape index (κ2) is 5.28. The van der Waals surface area contributed by atoms with E-state index >= 15 is 0 Å². The van der Waals surface area contributed by atoms with Gasteiger partial charge in [0.1, 0.15) is 0 Å². The van der Waals surface area contributed by atoms with Crippen LogP contribution in [0.15, 0.2) is 12.2 Å². The van der Waals surface area contributed by atoms with E-state index in [4.69, 9.17) is 5.11 Å². The molecule has 86 valence electrons. The Bertz CT molecular complexity index is 253. The fraction of sp³-hybridized carbons (Fsp3) is 0.727. The molecule has 0 aromatic carbocycles. The Morgan fingerprint density at radius 1 is 1.67 bits per heavy atom. The Labute approximate surface area is 91.2 Å². The molecule has 0 saturated carbocycles. The van der Waals surface area contributed by atoms with Crippen LogP contribution in [0.2, 0.25) is 0 Å². The Morgan fingerprint density at radius 3 is 2.80 bits per heavy atom. The maximum atomic E-state index is 10.6. The van der Waals surface area contributed by atoms with Crippen molar-refractivity contribution in [2.24, 2.45) is 5.92 Å². The normalized spacial score (nSPS) is 22.2. The summed E-state index contributed by atoms with van der Waals surface area (Å²) in [6.07, 6.45) is 1.21. The van der Waals surface area contributed by atoms with E-state index in [1.54, 1.807) is 0 Å². The van der Waals surface area contributed by atoms with Crippen LogP contribution < -0.4 is 0 Å². The van der Waals surface area contributed by atoms with E-state index in [2.05, 4.69) is 18.5 Å². The lowest BCUT2D eigenvalue weighted by atomic mass is 10.1. The zero-order valence-electron chi connectivity index (χ0n) is 9.57. The first-order chi connectivity index (χ1) is 6.99. The third-order valence-corrected chi connectivity index (χ3v) is 2.82. The second-order valence-electron chi connectivity index (χ2n) is 4.52. The van der Waals surface area contributed by atoms with E-state index in [0.717, 1.165) is 19.6 Å². The lowest BCUT2D eigenvalue weighted by molar-refractivity contribution is -0.132. The molecular formula is C11H20N2O2. The van der Waals surface area contributed by atoms with Gasteiger partial charge in [-0.05, 0) is 33.0 Å². The summed E-state index contributed by atoms with van der Waals surface area (Å²) in [7, 11) is 4.07. The molecule has 1 unspecified atom stereocenters. The van der Waals surface area contributed by atoms with Crippen molar-refractivity contribution in [2.75, 3.05) is 40.3 Å². The van der Waals surface area contributed by atoms with Gasteiger partial charge in [0.15, 0.2) is 0 Å². The van der Waals surface area contributed by atoms with Crippen molar-refractivity contribution in [3.05, 3.63) is 12.2 Å². The second-order valence-corrected chi connectivity index (χ2v) is 4.52. The highest BCUT2D eigenvalue weighted by Crippen LogP contribution is 2.15. The molecular weight excluding hydrogens is 192 g/mol. The molecule has 1 rings (SSSR count). The number of likely N-dealkylation sites (tertiary alicyclic amines) is 1. The van der Waals surface area contributed by atoms with Gasteiger partial charge in [0, 0.05) is 25.2 Å². The highest BCUT2D eigenvalue weighted by molar-refractivity contribution is 5.86. The van der Waals surface area contributed by atoms with Crippen LogP contribution in [0.4, 0.5) is 0 Å². The van der Waals surface area contributed by atoms with Crippen LogP contribution in [-0.4, -0.2) is 61.2 Å². The molecule has 0 aromatic rings. The minimum Gasteiger partial charge on any atom is -0.478 e. The third-order valence-electron chi connectivity index (χ3n) is 2.82. The van der Waals surface area contributed by atoms with Crippen LogP contribution in [0.3, 0.4) is 0 Å². The number of hydrogen-bond acceptors (Lipinski definition) is 3. The standard InChI is InChI=1S/C11H20N2O2/c1-9(11(14)15)6-13(3)8-10-4-5-12(2)7-10/h10H,1,4-8H2,2-3H3,(H,14,15). The van der Waals surface area contributed by atoms with Crippen LogP contribution >= 0.6 is 0 Å². The molecule has 1 N–H and O–H groups in total. The smallest absolute Gasteiger partial charge is 0.332 e. The number of nitrogens with zero attached hydrogens (tertiary/aromatic N) is 2. The summed E-state index contributed by atoms with van der Waals surface area (Å²) in [6.45, 7) is 7.21. The van der Waals surface area contributed by atoms with Crippen molar-refractivity contribution in [3.8, 4) is 0 Å². The molecule has 4 nitrogen and oxygen atoms in total. The largest absolute Gasteiger partial charge is 0.478 e. The first kappa shape index (κ1) is 12.2. The molecule has 0 amide bonds. The summed E-state index contributed by atoms with van der Waals surface area (Å²) in [5.41, 5.74) is 0.267. The lowest BCUT2D eigenvalue weighted by Crippen LogP contribution is -2.30. The zero-order valence-corrected chi connectivity index (χ0v) is 9.57. The highest BCUT2D eigenvalue weighted by Gasteiger charge is 2.21. The number of rotatable bonds is 5. The van der Waals surface area contributed by atoms with Crippen molar-refractivity contribution in [1.29, 1.82) is 0 Å².